The summed E-state index contributed by atoms with van der Waals surface area (Å²) < 4.78 is 20.1. The molecular formula is C20H46NO3Si+. The highest BCUT2D eigenvalue weighted by molar-refractivity contribution is 6.60. The van der Waals surface area contributed by atoms with Crippen molar-refractivity contribution in [3.8, 4) is 0 Å². The molecule has 0 fully saturated rings. The molecule has 0 amide bonds. The molecule has 0 saturated carbocycles. The third-order valence-electron chi connectivity index (χ3n) is 4.56. The van der Waals surface area contributed by atoms with E-state index >= 15 is 0 Å². The second kappa shape index (κ2) is 15.1. The normalized spacial score (nSPS) is 12.7. The van der Waals surface area contributed by atoms with Gasteiger partial charge in [0.25, 0.3) is 0 Å². The molecule has 0 aromatic heterocycles. The van der Waals surface area contributed by atoms with Gasteiger partial charge in [0.05, 0.1) is 32.2 Å². The fraction of sp³-hybridized carbons (Fsp3) is 1.00. The van der Waals surface area contributed by atoms with E-state index in [-0.39, 0.29) is 0 Å². The molecule has 0 rings (SSSR count). The summed E-state index contributed by atoms with van der Waals surface area (Å²) in [5.74, 6) is 0. The molecule has 5 heteroatoms. The first-order valence-corrected chi connectivity index (χ1v) is 12.8. The van der Waals surface area contributed by atoms with Crippen molar-refractivity contribution in [2.24, 2.45) is 0 Å². The lowest BCUT2D eigenvalue weighted by Crippen LogP contribution is -2.55. The third-order valence-corrected chi connectivity index (χ3v) is 7.33. The molecule has 0 atom stereocenters. The molecule has 25 heavy (non-hydrogen) atoms. The molecule has 4 nitrogen and oxygen atoms in total. The highest BCUT2D eigenvalue weighted by Crippen LogP contribution is 2.22. The lowest BCUT2D eigenvalue weighted by molar-refractivity contribution is -0.926. The van der Waals surface area contributed by atoms with Gasteiger partial charge in [0.1, 0.15) is 0 Å². The van der Waals surface area contributed by atoms with Crippen LogP contribution in [-0.4, -0.2) is 59.3 Å². The maximum absolute atomic E-state index is 6.30. The van der Waals surface area contributed by atoms with Crippen molar-refractivity contribution >= 4 is 8.80 Å². The van der Waals surface area contributed by atoms with Crippen molar-refractivity contribution in [2.45, 2.75) is 86.1 Å². The van der Waals surface area contributed by atoms with Crippen LogP contribution in [0, 0.1) is 0 Å². The molecule has 0 unspecified atom stereocenters. The van der Waals surface area contributed by atoms with Crippen LogP contribution >= 0.6 is 0 Å². The summed E-state index contributed by atoms with van der Waals surface area (Å²) >= 11 is 0. The van der Waals surface area contributed by atoms with Crippen LogP contribution in [-0.2, 0) is 13.3 Å². The summed E-state index contributed by atoms with van der Waals surface area (Å²) in [6.45, 7) is 20.5. The predicted octanol–water partition coefficient (Wildman–Crippen LogP) is 5.25. The van der Waals surface area contributed by atoms with E-state index in [1.54, 1.807) is 0 Å². The Morgan fingerprint density at radius 2 is 0.880 bits per heavy atom. The Hall–Kier alpha value is 0.0569. The Labute approximate surface area is 159 Å². The van der Waals surface area contributed by atoms with Gasteiger partial charge in [0.2, 0.25) is 0 Å². The van der Waals surface area contributed by atoms with Gasteiger partial charge in [-0.2, -0.15) is 0 Å². The fourth-order valence-electron chi connectivity index (χ4n) is 3.58. The van der Waals surface area contributed by atoms with Crippen LogP contribution in [0.4, 0.5) is 0 Å². The minimum Gasteiger partial charge on any atom is -0.373 e. The van der Waals surface area contributed by atoms with Crippen LogP contribution in [0.2, 0.25) is 6.04 Å². The molecule has 0 aromatic carbocycles. The van der Waals surface area contributed by atoms with E-state index in [1.807, 2.05) is 0 Å². The first-order valence-electron chi connectivity index (χ1n) is 10.8. The zero-order valence-corrected chi connectivity index (χ0v) is 19.1. The molecular weight excluding hydrogens is 330 g/mol. The Morgan fingerprint density at radius 1 is 0.520 bits per heavy atom. The van der Waals surface area contributed by atoms with Crippen molar-refractivity contribution in [1.82, 2.24) is 0 Å². The molecule has 0 spiro atoms. The SMILES string of the molecule is CCCO[Si](CC[N+](CCC)(CCC)CCC)(OCCC)OCCC. The summed E-state index contributed by atoms with van der Waals surface area (Å²) in [7, 11) is -2.57. The summed E-state index contributed by atoms with van der Waals surface area (Å²) in [6, 6.07) is 0.951. The zero-order chi connectivity index (χ0) is 19.0. The Bertz CT molecular complexity index is 264. The number of hydrogen-bond donors (Lipinski definition) is 0. The number of nitrogens with zero attached hydrogens (tertiary/aromatic N) is 1. The highest BCUT2D eigenvalue weighted by Gasteiger charge is 2.44. The Morgan fingerprint density at radius 3 is 1.16 bits per heavy atom. The quantitative estimate of drug-likeness (QED) is 0.241. The third kappa shape index (κ3) is 10.1. The lowest BCUT2D eigenvalue weighted by atomic mass is 10.2. The highest BCUT2D eigenvalue weighted by atomic mass is 28.4. The van der Waals surface area contributed by atoms with Gasteiger partial charge in [0, 0.05) is 19.8 Å². The van der Waals surface area contributed by atoms with Crippen molar-refractivity contribution in [1.29, 1.82) is 0 Å². The minimum absolute atomic E-state index is 0.745. The van der Waals surface area contributed by atoms with Crippen LogP contribution in [0.3, 0.4) is 0 Å². The van der Waals surface area contributed by atoms with Crippen molar-refractivity contribution < 1.29 is 17.8 Å². The smallest absolute Gasteiger partial charge is 0.373 e. The largest absolute Gasteiger partial charge is 0.506 e. The van der Waals surface area contributed by atoms with E-state index in [1.165, 1.54) is 43.4 Å². The maximum atomic E-state index is 6.30. The average molecular weight is 377 g/mol. The minimum atomic E-state index is -2.57. The van der Waals surface area contributed by atoms with Crippen LogP contribution in [0.5, 0.6) is 0 Å². The molecule has 152 valence electrons. The molecule has 0 aliphatic heterocycles. The summed E-state index contributed by atoms with van der Waals surface area (Å²) in [6.07, 6.45) is 6.73. The summed E-state index contributed by atoms with van der Waals surface area (Å²) in [4.78, 5) is 0. The van der Waals surface area contributed by atoms with E-state index in [4.69, 9.17) is 13.3 Å². The van der Waals surface area contributed by atoms with E-state index in [2.05, 4.69) is 41.5 Å². The van der Waals surface area contributed by atoms with E-state index in [9.17, 15) is 0 Å². The van der Waals surface area contributed by atoms with Gasteiger partial charge in [-0.15, -0.1) is 0 Å². The van der Waals surface area contributed by atoms with Gasteiger partial charge in [-0.05, 0) is 38.5 Å². The van der Waals surface area contributed by atoms with E-state index < -0.39 is 8.80 Å². The van der Waals surface area contributed by atoms with E-state index in [0.717, 1.165) is 51.7 Å². The Kier molecular flexibility index (Phi) is 15.2. The van der Waals surface area contributed by atoms with Crippen LogP contribution in [0.1, 0.15) is 80.1 Å². The molecule has 0 radical (unpaired) electrons. The predicted molar refractivity (Wildman–Crippen MR) is 110 cm³/mol. The number of quaternary nitrogens is 1. The first-order chi connectivity index (χ1) is 12.1. The van der Waals surface area contributed by atoms with Gasteiger partial charge in [-0.3, -0.25) is 0 Å². The van der Waals surface area contributed by atoms with Crippen molar-refractivity contribution in [3.63, 3.8) is 0 Å². The van der Waals surface area contributed by atoms with Crippen molar-refractivity contribution in [2.75, 3.05) is 46.0 Å². The van der Waals surface area contributed by atoms with Gasteiger partial charge < -0.3 is 17.8 Å². The first kappa shape index (κ1) is 25.1. The Balaban J connectivity index is 5.23. The second-order valence-electron chi connectivity index (χ2n) is 7.21. The van der Waals surface area contributed by atoms with Gasteiger partial charge in [-0.1, -0.05) is 41.5 Å². The van der Waals surface area contributed by atoms with Crippen LogP contribution in [0.25, 0.3) is 0 Å². The lowest BCUT2D eigenvalue weighted by Gasteiger charge is -2.40. The topological polar surface area (TPSA) is 27.7 Å². The molecule has 0 aliphatic carbocycles. The van der Waals surface area contributed by atoms with Crippen LogP contribution < -0.4 is 0 Å². The molecule has 0 heterocycles. The maximum Gasteiger partial charge on any atom is 0.506 e. The van der Waals surface area contributed by atoms with E-state index in [0.29, 0.717) is 0 Å². The molecule has 0 bridgehead atoms. The van der Waals surface area contributed by atoms with Gasteiger partial charge >= 0.3 is 8.80 Å². The summed E-state index contributed by atoms with van der Waals surface area (Å²) in [5, 5.41) is 0. The molecule has 0 N–H and O–H groups in total. The molecule has 0 aliphatic rings. The fourth-order valence-corrected chi connectivity index (χ4v) is 6.56. The van der Waals surface area contributed by atoms with Gasteiger partial charge in [0.15, 0.2) is 0 Å². The molecule has 0 aromatic rings. The molecule has 0 saturated heterocycles. The van der Waals surface area contributed by atoms with Crippen molar-refractivity contribution in [3.05, 3.63) is 0 Å². The second-order valence-corrected chi connectivity index (χ2v) is 9.95. The van der Waals surface area contributed by atoms with Gasteiger partial charge in [-0.25, -0.2) is 0 Å². The van der Waals surface area contributed by atoms with Crippen LogP contribution in [0.15, 0.2) is 0 Å². The average Bonchev–Trinajstić information content (AvgIpc) is 2.61. The monoisotopic (exact) mass is 376 g/mol. The zero-order valence-electron chi connectivity index (χ0n) is 18.1. The summed E-state index contributed by atoms with van der Waals surface area (Å²) in [5.41, 5.74) is 0. The standard InChI is InChI=1S/C20H46NO3Si/c1-7-13-21(14-8-2,15-9-3)16-20-25(22-17-10-4,23-18-11-5)24-19-12-6/h7-20H2,1-6H3/q+1. The number of hydrogen-bond acceptors (Lipinski definition) is 3. The number of rotatable bonds is 18.